The van der Waals surface area contributed by atoms with Crippen LogP contribution in [0, 0.1) is 6.92 Å². The van der Waals surface area contributed by atoms with Gasteiger partial charge in [0.2, 0.25) is 5.91 Å². The molecule has 0 fully saturated rings. The molecule has 1 aromatic carbocycles. The second kappa shape index (κ2) is 9.07. The number of anilines is 2. The Kier molecular flexibility index (Phi) is 6.06. The Bertz CT molecular complexity index is 1270. The summed E-state index contributed by atoms with van der Waals surface area (Å²) in [6, 6.07) is 17.3. The van der Waals surface area contributed by atoms with E-state index in [-0.39, 0.29) is 23.9 Å². The van der Waals surface area contributed by atoms with Gasteiger partial charge in [0.25, 0.3) is 11.5 Å². The second-order valence-electron chi connectivity index (χ2n) is 6.68. The Hall–Kier alpha value is -3.56. The van der Waals surface area contributed by atoms with E-state index in [9.17, 15) is 14.4 Å². The number of aryl methyl sites for hydroxylation is 1. The molecule has 0 aliphatic carbocycles. The number of benzene rings is 1. The molecule has 0 spiro atoms. The third-order valence-electron chi connectivity index (χ3n) is 4.32. The van der Waals surface area contributed by atoms with Gasteiger partial charge in [-0.1, -0.05) is 6.07 Å². The van der Waals surface area contributed by atoms with E-state index in [1.165, 1.54) is 17.4 Å². The zero-order chi connectivity index (χ0) is 21.8. The highest BCUT2D eigenvalue weighted by Gasteiger charge is 2.10. The van der Waals surface area contributed by atoms with Crippen molar-refractivity contribution in [2.45, 2.75) is 13.5 Å². The first-order valence-corrected chi connectivity index (χ1v) is 11.1. The Morgan fingerprint density at radius 3 is 2.35 bits per heavy atom. The van der Waals surface area contributed by atoms with Crippen LogP contribution in [-0.4, -0.2) is 21.6 Å². The number of rotatable bonds is 6. The van der Waals surface area contributed by atoms with Crippen LogP contribution >= 0.6 is 22.7 Å². The molecule has 7 nitrogen and oxygen atoms in total. The molecule has 2 amide bonds. The van der Waals surface area contributed by atoms with Gasteiger partial charge in [-0.15, -0.1) is 22.7 Å². The van der Waals surface area contributed by atoms with Gasteiger partial charge in [0.05, 0.1) is 9.75 Å². The molecule has 9 heteroatoms. The maximum Gasteiger partial charge on any atom is 0.267 e. The highest BCUT2D eigenvalue weighted by molar-refractivity contribution is 7.15. The first-order valence-electron chi connectivity index (χ1n) is 9.38. The van der Waals surface area contributed by atoms with E-state index in [0.717, 1.165) is 14.4 Å². The van der Waals surface area contributed by atoms with Crippen LogP contribution in [-0.2, 0) is 11.3 Å². The average molecular weight is 451 g/mol. The molecule has 0 saturated carbocycles. The number of nitrogens with one attached hydrogen (secondary N) is 2. The predicted octanol–water partition coefficient (Wildman–Crippen LogP) is 4.23. The summed E-state index contributed by atoms with van der Waals surface area (Å²) in [6.07, 6.45) is 0. The lowest BCUT2D eigenvalue weighted by atomic mass is 10.2. The fourth-order valence-electron chi connectivity index (χ4n) is 2.84. The number of carbonyl (C=O) groups is 2. The van der Waals surface area contributed by atoms with Gasteiger partial charge >= 0.3 is 0 Å². The molecule has 0 atom stereocenters. The van der Waals surface area contributed by atoms with Gasteiger partial charge in [-0.25, -0.2) is 4.68 Å². The van der Waals surface area contributed by atoms with E-state index in [2.05, 4.69) is 15.7 Å². The second-order valence-corrected chi connectivity index (χ2v) is 8.92. The minimum absolute atomic E-state index is 0.182. The van der Waals surface area contributed by atoms with Gasteiger partial charge in [-0.3, -0.25) is 14.4 Å². The lowest BCUT2D eigenvalue weighted by molar-refractivity contribution is -0.117. The van der Waals surface area contributed by atoms with Crippen LogP contribution in [0.2, 0.25) is 0 Å². The average Bonchev–Trinajstić information content (AvgIpc) is 3.43. The van der Waals surface area contributed by atoms with E-state index in [1.54, 1.807) is 47.7 Å². The van der Waals surface area contributed by atoms with E-state index in [4.69, 9.17) is 0 Å². The number of carbonyl (C=O) groups excluding carboxylic acids is 2. The summed E-state index contributed by atoms with van der Waals surface area (Å²) < 4.78 is 1.15. The zero-order valence-electron chi connectivity index (χ0n) is 16.5. The maximum absolute atomic E-state index is 12.4. The van der Waals surface area contributed by atoms with Gasteiger partial charge in [-0.2, -0.15) is 5.10 Å². The number of nitrogens with zero attached hydrogens (tertiary/aromatic N) is 2. The summed E-state index contributed by atoms with van der Waals surface area (Å²) in [5.41, 5.74) is 1.47. The van der Waals surface area contributed by atoms with Gasteiger partial charge in [0, 0.05) is 22.3 Å². The molecule has 4 rings (SSSR count). The first-order chi connectivity index (χ1) is 15.0. The largest absolute Gasteiger partial charge is 0.324 e. The Balaban J connectivity index is 1.40. The van der Waals surface area contributed by atoms with Crippen LogP contribution < -0.4 is 16.2 Å². The Morgan fingerprint density at radius 2 is 1.71 bits per heavy atom. The summed E-state index contributed by atoms with van der Waals surface area (Å²) in [7, 11) is 0. The summed E-state index contributed by atoms with van der Waals surface area (Å²) >= 11 is 2.94. The minimum Gasteiger partial charge on any atom is -0.324 e. The first kappa shape index (κ1) is 20.7. The molecule has 3 heterocycles. The number of amides is 2. The van der Waals surface area contributed by atoms with Crippen LogP contribution in [0.4, 0.5) is 11.4 Å². The lowest BCUT2D eigenvalue weighted by Gasteiger charge is -2.09. The Morgan fingerprint density at radius 1 is 0.968 bits per heavy atom. The van der Waals surface area contributed by atoms with E-state index < -0.39 is 0 Å². The molecule has 0 aliphatic rings. The van der Waals surface area contributed by atoms with E-state index in [0.29, 0.717) is 21.9 Å². The minimum atomic E-state index is -0.371. The fraction of sp³-hybridized carbons (Fsp3) is 0.0909. The van der Waals surface area contributed by atoms with Crippen molar-refractivity contribution in [3.05, 3.63) is 86.2 Å². The monoisotopic (exact) mass is 450 g/mol. The quantitative estimate of drug-likeness (QED) is 0.460. The van der Waals surface area contributed by atoms with Crippen molar-refractivity contribution in [2.24, 2.45) is 0 Å². The third-order valence-corrected chi connectivity index (χ3v) is 6.22. The van der Waals surface area contributed by atoms with Crippen molar-refractivity contribution in [2.75, 3.05) is 10.6 Å². The van der Waals surface area contributed by atoms with Crippen LogP contribution in [0.5, 0.6) is 0 Å². The molecule has 4 aromatic rings. The highest BCUT2D eigenvalue weighted by Crippen LogP contribution is 2.25. The zero-order valence-corrected chi connectivity index (χ0v) is 18.1. The maximum atomic E-state index is 12.4. The highest BCUT2D eigenvalue weighted by atomic mass is 32.1. The fourth-order valence-corrected chi connectivity index (χ4v) is 4.29. The summed E-state index contributed by atoms with van der Waals surface area (Å²) in [6.45, 7) is 1.80. The predicted molar refractivity (Wildman–Crippen MR) is 124 cm³/mol. The molecule has 156 valence electrons. The van der Waals surface area contributed by atoms with Crippen molar-refractivity contribution >= 4 is 45.9 Å². The third kappa shape index (κ3) is 5.14. The molecular formula is C22H18N4O3S2. The molecule has 0 unspecified atom stereocenters. The molecule has 0 aliphatic heterocycles. The van der Waals surface area contributed by atoms with Crippen LogP contribution in [0.1, 0.15) is 14.5 Å². The van der Waals surface area contributed by atoms with Crippen molar-refractivity contribution in [1.29, 1.82) is 0 Å². The van der Waals surface area contributed by atoms with Crippen molar-refractivity contribution in [3.8, 4) is 10.6 Å². The number of hydrogen-bond acceptors (Lipinski definition) is 6. The standard InChI is InChI=1S/C22H18N4O3S2/c1-14-4-10-18(31-14)17-9-11-21(28)26(25-17)13-20(27)23-15-5-7-16(8-6-15)24-22(29)19-3-2-12-30-19/h2-12H,13H2,1H3,(H,23,27)(H,24,29). The van der Waals surface area contributed by atoms with Crippen LogP contribution in [0.15, 0.2) is 70.8 Å². The van der Waals surface area contributed by atoms with Crippen molar-refractivity contribution < 1.29 is 9.59 Å². The topological polar surface area (TPSA) is 93.1 Å². The molecule has 0 radical (unpaired) electrons. The van der Waals surface area contributed by atoms with Gasteiger partial charge < -0.3 is 10.6 Å². The van der Waals surface area contributed by atoms with Crippen LogP contribution in [0.3, 0.4) is 0 Å². The SMILES string of the molecule is Cc1ccc(-c2ccc(=O)n(CC(=O)Nc3ccc(NC(=O)c4cccs4)cc3)n2)s1. The summed E-state index contributed by atoms with van der Waals surface area (Å²) in [4.78, 5) is 39.3. The number of thiophene rings is 2. The van der Waals surface area contributed by atoms with Crippen LogP contribution in [0.25, 0.3) is 10.6 Å². The normalized spacial score (nSPS) is 10.6. The van der Waals surface area contributed by atoms with Gasteiger partial charge in [0.1, 0.15) is 12.2 Å². The van der Waals surface area contributed by atoms with Crippen molar-refractivity contribution in [3.63, 3.8) is 0 Å². The number of hydrogen-bond donors (Lipinski definition) is 2. The number of aromatic nitrogens is 2. The molecule has 0 bridgehead atoms. The van der Waals surface area contributed by atoms with E-state index >= 15 is 0 Å². The molecule has 0 saturated heterocycles. The smallest absolute Gasteiger partial charge is 0.267 e. The molecular weight excluding hydrogens is 432 g/mol. The van der Waals surface area contributed by atoms with Gasteiger partial charge in [-0.05, 0) is 60.8 Å². The lowest BCUT2D eigenvalue weighted by Crippen LogP contribution is -2.29. The van der Waals surface area contributed by atoms with Crippen molar-refractivity contribution in [1.82, 2.24) is 9.78 Å². The van der Waals surface area contributed by atoms with Gasteiger partial charge in [0.15, 0.2) is 0 Å². The van der Waals surface area contributed by atoms with E-state index in [1.807, 2.05) is 30.5 Å². The molecule has 31 heavy (non-hydrogen) atoms. The summed E-state index contributed by atoms with van der Waals surface area (Å²) in [5, 5.41) is 11.7. The molecule has 3 aromatic heterocycles. The Labute approximate surface area is 186 Å². The summed E-state index contributed by atoms with van der Waals surface area (Å²) in [5.74, 6) is -0.553. The molecule has 2 N–H and O–H groups in total.